The number of hydrogen-bond acceptors (Lipinski definition) is 2. The average Bonchev–Trinajstić information content (AvgIpc) is 2.19. The van der Waals surface area contributed by atoms with Crippen molar-refractivity contribution in [1.82, 2.24) is 4.90 Å². The van der Waals surface area contributed by atoms with Gasteiger partial charge in [0.05, 0.1) is 0 Å². The zero-order chi connectivity index (χ0) is 9.52. The second-order valence-corrected chi connectivity index (χ2v) is 3.19. The molecule has 0 bridgehead atoms. The molecule has 13 heavy (non-hydrogen) atoms. The molecule has 1 N–H and O–H groups in total. The van der Waals surface area contributed by atoms with Gasteiger partial charge in [0.1, 0.15) is 0 Å². The molecule has 0 amide bonds. The molecule has 1 aromatic rings. The topological polar surface area (TPSA) is 15.3 Å². The van der Waals surface area contributed by atoms with Gasteiger partial charge in [-0.25, -0.2) is 0 Å². The fourth-order valence-electron chi connectivity index (χ4n) is 1.11. The SMILES string of the molecule is CCN(C)CCNc1ccccc1. The lowest BCUT2D eigenvalue weighted by Crippen LogP contribution is -2.24. The number of benzene rings is 1. The Morgan fingerprint density at radius 2 is 1.92 bits per heavy atom. The first kappa shape index (κ1) is 10.1. The second-order valence-electron chi connectivity index (χ2n) is 3.19. The Kier molecular flexibility index (Phi) is 4.33. The zero-order valence-corrected chi connectivity index (χ0v) is 8.46. The zero-order valence-electron chi connectivity index (χ0n) is 8.46. The minimum Gasteiger partial charge on any atom is -0.384 e. The number of hydrogen-bond donors (Lipinski definition) is 1. The molecule has 2 heteroatoms. The normalized spacial score (nSPS) is 10.4. The average molecular weight is 178 g/mol. The van der Waals surface area contributed by atoms with Gasteiger partial charge in [-0.3, -0.25) is 0 Å². The van der Waals surface area contributed by atoms with Crippen LogP contribution in [-0.4, -0.2) is 31.6 Å². The van der Waals surface area contributed by atoms with Crippen molar-refractivity contribution in [3.63, 3.8) is 0 Å². The molecule has 1 rings (SSSR count). The van der Waals surface area contributed by atoms with Crippen molar-refractivity contribution in [2.45, 2.75) is 6.92 Å². The maximum Gasteiger partial charge on any atom is 0.0340 e. The molecular formula is C11H18N2. The first-order chi connectivity index (χ1) is 6.33. The molecule has 0 radical (unpaired) electrons. The molecule has 1 aromatic carbocycles. The molecule has 2 nitrogen and oxygen atoms in total. The molecule has 72 valence electrons. The third-order valence-corrected chi connectivity index (χ3v) is 2.14. The van der Waals surface area contributed by atoms with Crippen molar-refractivity contribution in [3.8, 4) is 0 Å². The molecule has 0 fully saturated rings. The van der Waals surface area contributed by atoms with E-state index in [0.29, 0.717) is 0 Å². The van der Waals surface area contributed by atoms with Gasteiger partial charge < -0.3 is 10.2 Å². The van der Waals surface area contributed by atoms with Crippen LogP contribution in [0.2, 0.25) is 0 Å². The number of nitrogens with one attached hydrogen (secondary N) is 1. The first-order valence-electron chi connectivity index (χ1n) is 4.80. The summed E-state index contributed by atoms with van der Waals surface area (Å²) in [5, 5.41) is 3.37. The summed E-state index contributed by atoms with van der Waals surface area (Å²) in [6.45, 7) is 5.37. The Balaban J connectivity index is 2.20. The molecule has 0 aliphatic rings. The number of likely N-dealkylation sites (N-methyl/N-ethyl adjacent to an activating group) is 1. The van der Waals surface area contributed by atoms with Gasteiger partial charge in [-0.15, -0.1) is 0 Å². The van der Waals surface area contributed by atoms with Gasteiger partial charge in [0.15, 0.2) is 0 Å². The fourth-order valence-corrected chi connectivity index (χ4v) is 1.11. The summed E-state index contributed by atoms with van der Waals surface area (Å²) in [5.41, 5.74) is 1.20. The molecule has 0 saturated carbocycles. The maximum absolute atomic E-state index is 3.37. The van der Waals surface area contributed by atoms with E-state index in [0.717, 1.165) is 19.6 Å². The summed E-state index contributed by atoms with van der Waals surface area (Å²) < 4.78 is 0. The molecule has 0 heterocycles. The van der Waals surface area contributed by atoms with E-state index in [9.17, 15) is 0 Å². The highest BCUT2D eigenvalue weighted by Crippen LogP contribution is 2.03. The Morgan fingerprint density at radius 3 is 2.54 bits per heavy atom. The smallest absolute Gasteiger partial charge is 0.0340 e. The lowest BCUT2D eigenvalue weighted by atomic mass is 10.3. The van der Waals surface area contributed by atoms with Gasteiger partial charge in [0.25, 0.3) is 0 Å². The lowest BCUT2D eigenvalue weighted by molar-refractivity contribution is 0.367. The van der Waals surface area contributed by atoms with Crippen molar-refractivity contribution in [2.75, 3.05) is 32.0 Å². The van der Waals surface area contributed by atoms with Gasteiger partial charge >= 0.3 is 0 Å². The van der Waals surface area contributed by atoms with E-state index in [1.54, 1.807) is 0 Å². The highest BCUT2D eigenvalue weighted by Gasteiger charge is 1.93. The van der Waals surface area contributed by atoms with E-state index >= 15 is 0 Å². The summed E-state index contributed by atoms with van der Waals surface area (Å²) in [6, 6.07) is 10.3. The van der Waals surface area contributed by atoms with Gasteiger partial charge in [0, 0.05) is 18.8 Å². The highest BCUT2D eigenvalue weighted by atomic mass is 15.1. The molecule has 0 aliphatic heterocycles. The van der Waals surface area contributed by atoms with Crippen LogP contribution in [0.3, 0.4) is 0 Å². The maximum atomic E-state index is 3.37. The van der Waals surface area contributed by atoms with Crippen molar-refractivity contribution in [3.05, 3.63) is 30.3 Å². The van der Waals surface area contributed by atoms with Crippen LogP contribution in [0.5, 0.6) is 0 Å². The number of anilines is 1. The number of rotatable bonds is 5. The minimum absolute atomic E-state index is 1.01. The third kappa shape index (κ3) is 3.95. The first-order valence-corrected chi connectivity index (χ1v) is 4.80. The molecule has 0 aromatic heterocycles. The van der Waals surface area contributed by atoms with Crippen molar-refractivity contribution in [2.24, 2.45) is 0 Å². The van der Waals surface area contributed by atoms with Crippen LogP contribution in [0.25, 0.3) is 0 Å². The van der Waals surface area contributed by atoms with Gasteiger partial charge in [-0.2, -0.15) is 0 Å². The van der Waals surface area contributed by atoms with Gasteiger partial charge in [-0.1, -0.05) is 25.1 Å². The van der Waals surface area contributed by atoms with Gasteiger partial charge in [-0.05, 0) is 25.7 Å². The van der Waals surface area contributed by atoms with Crippen LogP contribution in [0, 0.1) is 0 Å². The minimum atomic E-state index is 1.01. The van der Waals surface area contributed by atoms with Crippen LogP contribution >= 0.6 is 0 Å². The molecular weight excluding hydrogens is 160 g/mol. The number of para-hydroxylation sites is 1. The Hall–Kier alpha value is -1.02. The van der Waals surface area contributed by atoms with Crippen molar-refractivity contribution >= 4 is 5.69 Å². The van der Waals surface area contributed by atoms with Gasteiger partial charge in [0.2, 0.25) is 0 Å². The van der Waals surface area contributed by atoms with E-state index in [-0.39, 0.29) is 0 Å². The Labute approximate surface area is 80.6 Å². The van der Waals surface area contributed by atoms with E-state index in [1.807, 2.05) is 18.2 Å². The summed E-state index contributed by atoms with van der Waals surface area (Å²) in [5.74, 6) is 0. The Morgan fingerprint density at radius 1 is 1.23 bits per heavy atom. The van der Waals surface area contributed by atoms with Crippen LogP contribution in [0.4, 0.5) is 5.69 Å². The molecule has 0 atom stereocenters. The van der Waals surface area contributed by atoms with E-state index < -0.39 is 0 Å². The largest absolute Gasteiger partial charge is 0.384 e. The van der Waals surface area contributed by atoms with E-state index in [2.05, 4.69) is 36.3 Å². The summed E-state index contributed by atoms with van der Waals surface area (Å²) >= 11 is 0. The van der Waals surface area contributed by atoms with Crippen LogP contribution in [0.15, 0.2) is 30.3 Å². The fraction of sp³-hybridized carbons (Fsp3) is 0.455. The van der Waals surface area contributed by atoms with Crippen LogP contribution < -0.4 is 5.32 Å². The number of nitrogens with zero attached hydrogens (tertiary/aromatic N) is 1. The van der Waals surface area contributed by atoms with E-state index in [1.165, 1.54) is 5.69 Å². The van der Waals surface area contributed by atoms with Crippen molar-refractivity contribution < 1.29 is 0 Å². The summed E-state index contributed by atoms with van der Waals surface area (Å²) in [4.78, 5) is 2.29. The van der Waals surface area contributed by atoms with Crippen LogP contribution in [0.1, 0.15) is 6.92 Å². The van der Waals surface area contributed by atoms with Crippen LogP contribution in [-0.2, 0) is 0 Å². The molecule has 0 unspecified atom stereocenters. The molecule has 0 aliphatic carbocycles. The van der Waals surface area contributed by atoms with E-state index in [4.69, 9.17) is 0 Å². The monoisotopic (exact) mass is 178 g/mol. The Bertz CT molecular complexity index is 221. The molecule has 0 saturated heterocycles. The van der Waals surface area contributed by atoms with Crippen molar-refractivity contribution in [1.29, 1.82) is 0 Å². The lowest BCUT2D eigenvalue weighted by Gasteiger charge is -2.14. The standard InChI is InChI=1S/C11H18N2/c1-3-13(2)10-9-12-11-7-5-4-6-8-11/h4-8,12H,3,9-10H2,1-2H3. The predicted molar refractivity (Wildman–Crippen MR) is 58.1 cm³/mol. The summed E-state index contributed by atoms with van der Waals surface area (Å²) in [7, 11) is 2.13. The summed E-state index contributed by atoms with van der Waals surface area (Å²) in [6.07, 6.45) is 0. The predicted octanol–water partition coefficient (Wildman–Crippen LogP) is 2.05. The second kappa shape index (κ2) is 5.60. The quantitative estimate of drug-likeness (QED) is 0.742. The third-order valence-electron chi connectivity index (χ3n) is 2.14. The highest BCUT2D eigenvalue weighted by molar-refractivity contribution is 5.42. The molecule has 0 spiro atoms.